The van der Waals surface area contributed by atoms with E-state index in [9.17, 15) is 4.79 Å². The van der Waals surface area contributed by atoms with Gasteiger partial charge in [0.1, 0.15) is 5.82 Å². The third kappa shape index (κ3) is 6.02. The summed E-state index contributed by atoms with van der Waals surface area (Å²) >= 11 is 5.98. The van der Waals surface area contributed by atoms with Gasteiger partial charge in [-0.3, -0.25) is 4.79 Å². The van der Waals surface area contributed by atoms with Crippen LogP contribution in [0.1, 0.15) is 42.7 Å². The van der Waals surface area contributed by atoms with Gasteiger partial charge in [-0.1, -0.05) is 37.6 Å². The van der Waals surface area contributed by atoms with E-state index in [0.29, 0.717) is 11.5 Å². The lowest BCUT2D eigenvalue weighted by atomic mass is 10.1. The van der Waals surface area contributed by atoms with Crippen LogP contribution in [0.5, 0.6) is 0 Å². The first-order chi connectivity index (χ1) is 12.1. The van der Waals surface area contributed by atoms with Crippen molar-refractivity contribution in [1.29, 1.82) is 0 Å². The van der Waals surface area contributed by atoms with Crippen molar-refractivity contribution >= 4 is 23.3 Å². The maximum Gasteiger partial charge on any atom is 0.274 e. The Labute approximate surface area is 154 Å². The molecule has 1 heterocycles. The molecule has 6 heteroatoms. The standard InChI is InChI=1S/C19H25ClN4O/c1-3-12-24(13-4-2)19(25)17-8-9-18(23-22-17)21-11-10-15-6-5-7-16(20)14-15/h5-9,14H,3-4,10-13H2,1-2H3,(H,21,23). The highest BCUT2D eigenvalue weighted by Crippen LogP contribution is 2.11. The highest BCUT2D eigenvalue weighted by atomic mass is 35.5. The van der Waals surface area contributed by atoms with Gasteiger partial charge in [-0.05, 0) is 49.1 Å². The molecule has 1 aromatic carbocycles. The van der Waals surface area contributed by atoms with Gasteiger partial charge < -0.3 is 10.2 Å². The molecule has 0 bridgehead atoms. The minimum absolute atomic E-state index is 0.0540. The summed E-state index contributed by atoms with van der Waals surface area (Å²) in [6, 6.07) is 11.3. The van der Waals surface area contributed by atoms with Crippen molar-refractivity contribution in [3.8, 4) is 0 Å². The minimum Gasteiger partial charge on any atom is -0.368 e. The molecule has 0 aliphatic rings. The van der Waals surface area contributed by atoms with Crippen LogP contribution in [0.15, 0.2) is 36.4 Å². The van der Waals surface area contributed by atoms with Gasteiger partial charge in [0.2, 0.25) is 0 Å². The fourth-order valence-corrected chi connectivity index (χ4v) is 2.80. The maximum atomic E-state index is 12.5. The molecule has 0 saturated heterocycles. The first-order valence-electron chi connectivity index (χ1n) is 8.75. The zero-order valence-electron chi connectivity index (χ0n) is 14.8. The average molecular weight is 361 g/mol. The molecule has 0 saturated carbocycles. The summed E-state index contributed by atoms with van der Waals surface area (Å²) in [5.41, 5.74) is 1.55. The molecule has 1 aromatic heterocycles. The third-order valence-electron chi connectivity index (χ3n) is 3.77. The van der Waals surface area contributed by atoms with Crippen LogP contribution >= 0.6 is 11.6 Å². The van der Waals surface area contributed by atoms with E-state index in [1.807, 2.05) is 29.2 Å². The summed E-state index contributed by atoms with van der Waals surface area (Å²) in [5.74, 6) is 0.609. The molecule has 5 nitrogen and oxygen atoms in total. The molecule has 0 unspecified atom stereocenters. The summed E-state index contributed by atoms with van der Waals surface area (Å²) in [4.78, 5) is 14.3. The molecule has 0 aliphatic heterocycles. The second-order valence-electron chi connectivity index (χ2n) is 5.90. The molecule has 1 amide bonds. The quantitative estimate of drug-likeness (QED) is 0.733. The summed E-state index contributed by atoms with van der Waals surface area (Å²) in [6.07, 6.45) is 2.70. The molecular weight excluding hydrogens is 336 g/mol. The number of halogens is 1. The first kappa shape index (κ1) is 19.2. The Morgan fingerprint density at radius 3 is 2.48 bits per heavy atom. The fraction of sp³-hybridized carbons (Fsp3) is 0.421. The van der Waals surface area contributed by atoms with Gasteiger partial charge in [-0.25, -0.2) is 0 Å². The number of aromatic nitrogens is 2. The number of nitrogens with one attached hydrogen (secondary N) is 1. The van der Waals surface area contributed by atoms with Gasteiger partial charge >= 0.3 is 0 Å². The van der Waals surface area contributed by atoms with E-state index >= 15 is 0 Å². The SMILES string of the molecule is CCCN(CCC)C(=O)c1ccc(NCCc2cccc(Cl)c2)nn1. The van der Waals surface area contributed by atoms with Gasteiger partial charge in [-0.2, -0.15) is 0 Å². The molecule has 1 N–H and O–H groups in total. The van der Waals surface area contributed by atoms with Gasteiger partial charge in [-0.15, -0.1) is 10.2 Å². The fourth-order valence-electron chi connectivity index (χ4n) is 2.58. The van der Waals surface area contributed by atoms with Crippen molar-refractivity contribution in [2.45, 2.75) is 33.1 Å². The Bertz CT molecular complexity index is 669. The monoisotopic (exact) mass is 360 g/mol. The Hall–Kier alpha value is -2.14. The summed E-state index contributed by atoms with van der Waals surface area (Å²) < 4.78 is 0. The molecule has 134 valence electrons. The summed E-state index contributed by atoms with van der Waals surface area (Å²) in [5, 5.41) is 12.2. The van der Waals surface area contributed by atoms with Crippen LogP contribution in [0.25, 0.3) is 0 Å². The summed E-state index contributed by atoms with van der Waals surface area (Å²) in [7, 11) is 0. The molecular formula is C19H25ClN4O. The topological polar surface area (TPSA) is 58.1 Å². The Morgan fingerprint density at radius 2 is 1.88 bits per heavy atom. The van der Waals surface area contributed by atoms with Crippen molar-refractivity contribution in [1.82, 2.24) is 15.1 Å². The average Bonchev–Trinajstić information content (AvgIpc) is 2.62. The van der Waals surface area contributed by atoms with E-state index in [-0.39, 0.29) is 5.91 Å². The summed E-state index contributed by atoms with van der Waals surface area (Å²) in [6.45, 7) is 6.34. The zero-order valence-corrected chi connectivity index (χ0v) is 15.6. The minimum atomic E-state index is -0.0540. The Kier molecular flexibility index (Phi) is 7.67. The highest BCUT2D eigenvalue weighted by Gasteiger charge is 2.16. The van der Waals surface area contributed by atoms with E-state index in [0.717, 1.165) is 49.5 Å². The number of amides is 1. The normalized spacial score (nSPS) is 10.5. The number of carbonyl (C=O) groups is 1. The van der Waals surface area contributed by atoms with Crippen LogP contribution in [0.4, 0.5) is 5.82 Å². The van der Waals surface area contributed by atoms with Crippen molar-refractivity contribution in [2.75, 3.05) is 25.0 Å². The lowest BCUT2D eigenvalue weighted by Gasteiger charge is -2.20. The number of carbonyl (C=O) groups excluding carboxylic acids is 1. The van der Waals surface area contributed by atoms with Gasteiger partial charge in [0, 0.05) is 24.7 Å². The predicted molar refractivity (Wildman–Crippen MR) is 102 cm³/mol. The second kappa shape index (κ2) is 9.99. The van der Waals surface area contributed by atoms with Crippen molar-refractivity contribution < 1.29 is 4.79 Å². The predicted octanol–water partition coefficient (Wildman–Crippen LogP) is 4.05. The van der Waals surface area contributed by atoms with E-state index in [1.54, 1.807) is 12.1 Å². The van der Waals surface area contributed by atoms with E-state index in [2.05, 4.69) is 29.4 Å². The molecule has 0 atom stereocenters. The largest absolute Gasteiger partial charge is 0.368 e. The zero-order chi connectivity index (χ0) is 18.1. The maximum absolute atomic E-state index is 12.5. The number of benzene rings is 1. The third-order valence-corrected chi connectivity index (χ3v) is 4.00. The Balaban J connectivity index is 1.89. The molecule has 0 radical (unpaired) electrons. The highest BCUT2D eigenvalue weighted by molar-refractivity contribution is 6.30. The van der Waals surface area contributed by atoms with Gasteiger partial charge in [0.15, 0.2) is 5.69 Å². The number of rotatable bonds is 9. The van der Waals surface area contributed by atoms with Crippen LogP contribution in [-0.4, -0.2) is 40.6 Å². The van der Waals surface area contributed by atoms with Crippen LogP contribution in [-0.2, 0) is 6.42 Å². The number of hydrogen-bond donors (Lipinski definition) is 1. The van der Waals surface area contributed by atoms with Crippen molar-refractivity contribution in [2.24, 2.45) is 0 Å². The van der Waals surface area contributed by atoms with Crippen LogP contribution in [0, 0.1) is 0 Å². The van der Waals surface area contributed by atoms with E-state index < -0.39 is 0 Å². The molecule has 2 aromatic rings. The number of nitrogens with zero attached hydrogens (tertiary/aromatic N) is 3. The van der Waals surface area contributed by atoms with E-state index in [4.69, 9.17) is 11.6 Å². The second-order valence-corrected chi connectivity index (χ2v) is 6.34. The number of anilines is 1. The van der Waals surface area contributed by atoms with Crippen LogP contribution in [0.3, 0.4) is 0 Å². The van der Waals surface area contributed by atoms with Crippen LogP contribution in [0.2, 0.25) is 5.02 Å². The molecule has 0 spiro atoms. The Morgan fingerprint density at radius 1 is 1.12 bits per heavy atom. The number of hydrogen-bond acceptors (Lipinski definition) is 4. The van der Waals surface area contributed by atoms with Crippen molar-refractivity contribution in [3.63, 3.8) is 0 Å². The molecule has 25 heavy (non-hydrogen) atoms. The smallest absolute Gasteiger partial charge is 0.274 e. The van der Waals surface area contributed by atoms with Gasteiger partial charge in [0.05, 0.1) is 0 Å². The van der Waals surface area contributed by atoms with E-state index in [1.165, 1.54) is 0 Å². The van der Waals surface area contributed by atoms with Crippen LogP contribution < -0.4 is 5.32 Å². The van der Waals surface area contributed by atoms with Crippen molar-refractivity contribution in [3.05, 3.63) is 52.7 Å². The lowest BCUT2D eigenvalue weighted by Crippen LogP contribution is -2.33. The first-order valence-corrected chi connectivity index (χ1v) is 9.13. The molecule has 0 fully saturated rings. The molecule has 0 aliphatic carbocycles. The molecule has 2 rings (SSSR count). The lowest BCUT2D eigenvalue weighted by molar-refractivity contribution is 0.0748. The van der Waals surface area contributed by atoms with Gasteiger partial charge in [0.25, 0.3) is 5.91 Å².